The highest BCUT2D eigenvalue weighted by Crippen LogP contribution is 2.28. The molecule has 0 amide bonds. The highest BCUT2D eigenvalue weighted by atomic mass is 19.1. The summed E-state index contributed by atoms with van der Waals surface area (Å²) < 4.78 is 18.6. The molecule has 0 bridgehead atoms. The van der Waals surface area contributed by atoms with Gasteiger partial charge in [-0.3, -0.25) is 10.1 Å². The Bertz CT molecular complexity index is 447. The van der Waals surface area contributed by atoms with Gasteiger partial charge in [0.1, 0.15) is 5.82 Å². The molecule has 1 aliphatic rings. The van der Waals surface area contributed by atoms with Crippen molar-refractivity contribution in [2.45, 2.75) is 31.9 Å². The number of non-ortho nitro benzene ring substituents is 1. The Morgan fingerprint density at radius 1 is 1.50 bits per heavy atom. The lowest BCUT2D eigenvalue weighted by molar-refractivity contribution is -0.385. The van der Waals surface area contributed by atoms with E-state index in [0.717, 1.165) is 18.9 Å². The van der Waals surface area contributed by atoms with E-state index in [4.69, 9.17) is 4.74 Å². The number of ether oxygens (including phenoxy) is 1. The van der Waals surface area contributed by atoms with E-state index in [1.807, 2.05) is 6.92 Å². The first-order valence-corrected chi connectivity index (χ1v) is 5.91. The van der Waals surface area contributed by atoms with E-state index in [-0.39, 0.29) is 17.8 Å². The third-order valence-electron chi connectivity index (χ3n) is 2.96. The molecule has 0 spiro atoms. The van der Waals surface area contributed by atoms with Gasteiger partial charge in [0.15, 0.2) is 0 Å². The molecule has 0 unspecified atom stereocenters. The normalized spacial score (nSPS) is 22.3. The average Bonchev–Trinajstić information content (AvgIpc) is 2.25. The first-order valence-electron chi connectivity index (χ1n) is 5.91. The smallest absolute Gasteiger partial charge is 0.274 e. The third-order valence-corrected chi connectivity index (χ3v) is 2.96. The van der Waals surface area contributed by atoms with E-state index in [9.17, 15) is 14.5 Å². The molecule has 6 heteroatoms. The van der Waals surface area contributed by atoms with Crippen LogP contribution in [0.4, 0.5) is 15.8 Å². The second-order valence-electron chi connectivity index (χ2n) is 4.35. The lowest BCUT2D eigenvalue weighted by atomic mass is 9.89. The summed E-state index contributed by atoms with van der Waals surface area (Å²) in [5.74, 6) is -0.604. The van der Waals surface area contributed by atoms with Crippen LogP contribution in [-0.2, 0) is 4.74 Å². The van der Waals surface area contributed by atoms with Gasteiger partial charge in [-0.25, -0.2) is 4.39 Å². The fraction of sp³-hybridized carbons (Fsp3) is 0.500. The van der Waals surface area contributed by atoms with Crippen molar-refractivity contribution in [3.05, 3.63) is 34.1 Å². The minimum Gasteiger partial charge on any atom is -0.382 e. The Labute approximate surface area is 104 Å². The van der Waals surface area contributed by atoms with Gasteiger partial charge < -0.3 is 10.1 Å². The molecule has 0 radical (unpaired) electrons. The zero-order valence-corrected chi connectivity index (χ0v) is 10.1. The summed E-state index contributed by atoms with van der Waals surface area (Å²) in [6.45, 7) is 2.62. The van der Waals surface area contributed by atoms with Crippen LogP contribution >= 0.6 is 0 Å². The van der Waals surface area contributed by atoms with Crippen LogP contribution in [0.5, 0.6) is 0 Å². The lowest BCUT2D eigenvalue weighted by Gasteiger charge is -2.36. The number of nitrogens with one attached hydrogen (secondary N) is 1. The summed E-state index contributed by atoms with van der Waals surface area (Å²) in [5, 5.41) is 13.7. The fourth-order valence-corrected chi connectivity index (χ4v) is 2.05. The van der Waals surface area contributed by atoms with E-state index in [1.165, 1.54) is 12.1 Å². The minimum atomic E-state index is -0.604. The molecular weight excluding hydrogens is 239 g/mol. The zero-order chi connectivity index (χ0) is 13.1. The number of nitro groups is 1. The van der Waals surface area contributed by atoms with Gasteiger partial charge in [0.2, 0.25) is 0 Å². The Hall–Kier alpha value is -1.69. The highest BCUT2D eigenvalue weighted by Gasteiger charge is 2.29. The van der Waals surface area contributed by atoms with Crippen molar-refractivity contribution in [1.29, 1.82) is 0 Å². The molecule has 1 N–H and O–H groups in total. The van der Waals surface area contributed by atoms with Crippen LogP contribution in [0.25, 0.3) is 0 Å². The summed E-state index contributed by atoms with van der Waals surface area (Å²) in [6.07, 6.45) is 1.94. The van der Waals surface area contributed by atoms with Gasteiger partial charge in [-0.05, 0) is 25.8 Å². The molecule has 5 nitrogen and oxygen atoms in total. The molecule has 1 aromatic rings. The van der Waals surface area contributed by atoms with E-state index < -0.39 is 10.7 Å². The maximum absolute atomic E-state index is 13.2. The van der Waals surface area contributed by atoms with Crippen molar-refractivity contribution in [2.75, 3.05) is 11.9 Å². The topological polar surface area (TPSA) is 64.4 Å². The number of hydrogen-bond donors (Lipinski definition) is 1. The van der Waals surface area contributed by atoms with Gasteiger partial charge in [-0.1, -0.05) is 0 Å². The van der Waals surface area contributed by atoms with Crippen molar-refractivity contribution in [1.82, 2.24) is 0 Å². The zero-order valence-electron chi connectivity index (χ0n) is 10.1. The largest absolute Gasteiger partial charge is 0.382 e. The Morgan fingerprint density at radius 2 is 2.22 bits per heavy atom. The van der Waals surface area contributed by atoms with Gasteiger partial charge in [0, 0.05) is 24.4 Å². The number of halogens is 1. The van der Waals surface area contributed by atoms with E-state index in [1.54, 1.807) is 0 Å². The van der Waals surface area contributed by atoms with Crippen LogP contribution in [0, 0.1) is 15.9 Å². The molecule has 1 aliphatic carbocycles. The lowest BCUT2D eigenvalue weighted by Crippen LogP contribution is -2.40. The number of hydrogen-bond acceptors (Lipinski definition) is 4. The number of nitrogens with zero attached hydrogens (tertiary/aromatic N) is 1. The second kappa shape index (κ2) is 5.30. The minimum absolute atomic E-state index is 0.197. The fourth-order valence-electron chi connectivity index (χ4n) is 2.05. The highest BCUT2D eigenvalue weighted by molar-refractivity contribution is 5.52. The van der Waals surface area contributed by atoms with Crippen molar-refractivity contribution in [3.8, 4) is 0 Å². The van der Waals surface area contributed by atoms with Gasteiger partial charge in [-0.2, -0.15) is 0 Å². The third kappa shape index (κ3) is 2.95. The Morgan fingerprint density at radius 3 is 2.83 bits per heavy atom. The van der Waals surface area contributed by atoms with Crippen molar-refractivity contribution >= 4 is 11.4 Å². The van der Waals surface area contributed by atoms with Gasteiger partial charge in [0.05, 0.1) is 17.1 Å². The molecule has 1 saturated carbocycles. The molecule has 1 fully saturated rings. The van der Waals surface area contributed by atoms with Crippen LogP contribution in [0.2, 0.25) is 0 Å². The molecule has 18 heavy (non-hydrogen) atoms. The monoisotopic (exact) mass is 254 g/mol. The van der Waals surface area contributed by atoms with Gasteiger partial charge in [0.25, 0.3) is 5.69 Å². The van der Waals surface area contributed by atoms with Crippen LogP contribution < -0.4 is 5.32 Å². The maximum Gasteiger partial charge on any atom is 0.274 e. The van der Waals surface area contributed by atoms with Crippen LogP contribution in [0.1, 0.15) is 19.8 Å². The molecular formula is C12H15FN2O3. The molecule has 2 rings (SSSR count). The summed E-state index contributed by atoms with van der Waals surface area (Å²) in [6, 6.07) is 3.72. The molecule has 0 aromatic heterocycles. The molecule has 0 heterocycles. The van der Waals surface area contributed by atoms with Gasteiger partial charge >= 0.3 is 0 Å². The number of rotatable bonds is 5. The summed E-state index contributed by atoms with van der Waals surface area (Å²) in [4.78, 5) is 10.0. The molecule has 1 aromatic carbocycles. The molecule has 0 aliphatic heterocycles. The predicted molar refractivity (Wildman–Crippen MR) is 65.1 cm³/mol. The summed E-state index contributed by atoms with van der Waals surface area (Å²) in [5.41, 5.74) is 0.208. The first kappa shape index (κ1) is 12.8. The Balaban J connectivity index is 1.96. The van der Waals surface area contributed by atoms with Crippen LogP contribution in [-0.4, -0.2) is 23.7 Å². The van der Waals surface area contributed by atoms with Gasteiger partial charge in [-0.15, -0.1) is 0 Å². The standard InChI is InChI=1S/C12H15FN2O3/c1-2-18-12-6-10(7-12)14-9-3-8(13)4-11(5-9)15(16)17/h3-5,10,12,14H,2,6-7H2,1H3. The number of benzene rings is 1. The van der Waals surface area contributed by atoms with Crippen LogP contribution in [0.3, 0.4) is 0 Å². The first-order chi connectivity index (χ1) is 8.58. The number of anilines is 1. The van der Waals surface area contributed by atoms with Crippen molar-refractivity contribution in [3.63, 3.8) is 0 Å². The maximum atomic E-state index is 13.2. The molecule has 98 valence electrons. The second-order valence-corrected chi connectivity index (χ2v) is 4.35. The predicted octanol–water partition coefficient (Wildman–Crippen LogP) is 2.71. The quantitative estimate of drug-likeness (QED) is 0.648. The van der Waals surface area contributed by atoms with E-state index in [2.05, 4.69) is 5.32 Å². The molecule has 0 atom stereocenters. The Kier molecular flexibility index (Phi) is 3.76. The molecule has 0 saturated heterocycles. The van der Waals surface area contributed by atoms with Crippen molar-refractivity contribution in [2.24, 2.45) is 0 Å². The summed E-state index contributed by atoms with van der Waals surface area (Å²) >= 11 is 0. The summed E-state index contributed by atoms with van der Waals surface area (Å²) in [7, 11) is 0. The van der Waals surface area contributed by atoms with Crippen molar-refractivity contribution < 1.29 is 14.1 Å². The SMILES string of the molecule is CCOC1CC(Nc2cc(F)cc([N+](=O)[O-])c2)C1. The average molecular weight is 254 g/mol. The van der Waals surface area contributed by atoms with E-state index in [0.29, 0.717) is 12.3 Å². The van der Waals surface area contributed by atoms with Crippen LogP contribution in [0.15, 0.2) is 18.2 Å². The van der Waals surface area contributed by atoms with E-state index >= 15 is 0 Å². The number of nitro benzene ring substituents is 1.